The van der Waals surface area contributed by atoms with Crippen LogP contribution in [0.5, 0.6) is 0 Å². The van der Waals surface area contributed by atoms with Gasteiger partial charge in [0.2, 0.25) is 0 Å². The first-order valence-corrected chi connectivity index (χ1v) is 13.9. The van der Waals surface area contributed by atoms with E-state index in [0.29, 0.717) is 11.4 Å². The number of carbonyl (C=O) groups excluding carboxylic acids is 1. The first-order valence-electron chi connectivity index (χ1n) is 11.9. The minimum atomic E-state index is -1.20. The number of rotatable bonds is 7. The summed E-state index contributed by atoms with van der Waals surface area (Å²) in [5, 5.41) is 10.3. The van der Waals surface area contributed by atoms with Gasteiger partial charge in [-0.2, -0.15) is 0 Å². The normalized spacial score (nSPS) is 20.6. The molecule has 0 saturated carbocycles. The molecule has 2 aromatic rings. The molecule has 6 nitrogen and oxygen atoms in total. The molecule has 1 amide bonds. The lowest BCUT2D eigenvalue weighted by Crippen LogP contribution is -2.58. The highest BCUT2D eigenvalue weighted by Crippen LogP contribution is 2.34. The summed E-state index contributed by atoms with van der Waals surface area (Å²) in [6.07, 6.45) is -0.838. The van der Waals surface area contributed by atoms with Gasteiger partial charge in [0.1, 0.15) is 6.10 Å². The molecular weight excluding hydrogens is 521 g/mol. The Morgan fingerprint density at radius 3 is 2.11 bits per heavy atom. The minimum absolute atomic E-state index is 0.177. The molecule has 5 unspecified atom stereocenters. The summed E-state index contributed by atoms with van der Waals surface area (Å²) in [5.74, 6) is -1.46. The number of hydrogen-bond donors (Lipinski definition) is 1. The molecule has 0 radical (unpaired) electrons. The Bertz CT molecular complexity index is 1030. The van der Waals surface area contributed by atoms with Gasteiger partial charge in [0.15, 0.2) is 0 Å². The standard InChI is InChI=1S/C21H30ClNO5S.C6H5Cl/c1-6-16(13(2)29(27)21(3,4)5)23-17(14-7-9-15(22)10-8-14)12-28-18(20(23)26)11-19(24)25;7-6-4-2-1-3-5-6/h7-10,13,16-18H,6,11-12H2,1-5H3,(H,24,25);1-5H. The number of carboxylic acid groups (broad SMARTS) is 1. The Balaban J connectivity index is 0.000000558. The maximum Gasteiger partial charge on any atom is 0.306 e. The van der Waals surface area contributed by atoms with Crippen LogP contribution in [0.2, 0.25) is 10.0 Å². The molecule has 0 aliphatic carbocycles. The Morgan fingerprint density at radius 2 is 1.67 bits per heavy atom. The summed E-state index contributed by atoms with van der Waals surface area (Å²) in [7, 11) is -1.20. The molecule has 36 heavy (non-hydrogen) atoms. The second kappa shape index (κ2) is 13.6. The van der Waals surface area contributed by atoms with Crippen molar-refractivity contribution < 1.29 is 23.6 Å². The number of amides is 1. The van der Waals surface area contributed by atoms with Crippen molar-refractivity contribution in [2.45, 2.75) is 75.6 Å². The van der Waals surface area contributed by atoms with Crippen LogP contribution in [0.25, 0.3) is 0 Å². The fourth-order valence-corrected chi connectivity index (χ4v) is 6.19. The molecule has 2 aromatic carbocycles. The van der Waals surface area contributed by atoms with Gasteiger partial charge in [-0.3, -0.25) is 13.8 Å². The van der Waals surface area contributed by atoms with Gasteiger partial charge in [0, 0.05) is 31.6 Å². The zero-order chi connectivity index (χ0) is 27.0. The minimum Gasteiger partial charge on any atom is -0.481 e. The summed E-state index contributed by atoms with van der Waals surface area (Å²) in [6, 6.07) is 15.9. The molecule has 1 aliphatic rings. The first kappa shape index (κ1) is 30.3. The van der Waals surface area contributed by atoms with Crippen molar-refractivity contribution in [3.8, 4) is 0 Å². The van der Waals surface area contributed by atoms with Crippen molar-refractivity contribution in [1.82, 2.24) is 4.90 Å². The van der Waals surface area contributed by atoms with Gasteiger partial charge < -0.3 is 14.7 Å². The number of carbonyl (C=O) groups is 2. The van der Waals surface area contributed by atoms with Gasteiger partial charge in [-0.05, 0) is 63.9 Å². The third-order valence-corrected chi connectivity index (χ3v) is 8.63. The summed E-state index contributed by atoms with van der Waals surface area (Å²) in [6.45, 7) is 9.76. The Hall–Kier alpha value is -1.93. The highest BCUT2D eigenvalue weighted by Gasteiger charge is 2.44. The van der Waals surface area contributed by atoms with E-state index in [-0.39, 0.29) is 23.8 Å². The molecule has 0 spiro atoms. The third-order valence-electron chi connectivity index (χ3n) is 5.93. The van der Waals surface area contributed by atoms with Gasteiger partial charge in [0.25, 0.3) is 5.91 Å². The number of nitrogens with zero attached hydrogens (tertiary/aromatic N) is 1. The number of ether oxygens (including phenoxy) is 1. The summed E-state index contributed by atoms with van der Waals surface area (Å²) >= 11 is 11.6. The second-order valence-corrected chi connectivity index (χ2v) is 13.1. The summed E-state index contributed by atoms with van der Waals surface area (Å²) < 4.78 is 18.3. The van der Waals surface area contributed by atoms with Crippen LogP contribution >= 0.6 is 23.2 Å². The summed E-state index contributed by atoms with van der Waals surface area (Å²) in [4.78, 5) is 26.2. The largest absolute Gasteiger partial charge is 0.481 e. The molecular formula is C27H35Cl2NO5S. The number of halogens is 2. The van der Waals surface area contributed by atoms with E-state index in [1.54, 1.807) is 17.0 Å². The van der Waals surface area contributed by atoms with E-state index in [1.807, 2.05) is 77.1 Å². The van der Waals surface area contributed by atoms with E-state index >= 15 is 0 Å². The van der Waals surface area contributed by atoms with Crippen molar-refractivity contribution >= 4 is 45.9 Å². The fourth-order valence-electron chi connectivity index (χ4n) is 4.19. The smallest absolute Gasteiger partial charge is 0.306 e. The fraction of sp³-hybridized carbons (Fsp3) is 0.481. The SMILES string of the molecule is CCC(C(C)S(=O)C(C)(C)C)N1C(=O)C(CC(=O)O)OCC1c1ccc(Cl)cc1.Clc1ccccc1. The molecule has 5 atom stereocenters. The van der Waals surface area contributed by atoms with Crippen molar-refractivity contribution in [3.05, 3.63) is 70.2 Å². The van der Waals surface area contributed by atoms with Crippen LogP contribution in [0.15, 0.2) is 54.6 Å². The molecule has 3 rings (SSSR count). The monoisotopic (exact) mass is 555 g/mol. The molecule has 198 valence electrons. The lowest BCUT2D eigenvalue weighted by Gasteiger charge is -2.46. The van der Waals surface area contributed by atoms with Crippen molar-refractivity contribution in [1.29, 1.82) is 0 Å². The highest BCUT2D eigenvalue weighted by atomic mass is 35.5. The average Bonchev–Trinajstić information content (AvgIpc) is 2.82. The third kappa shape index (κ3) is 8.30. The van der Waals surface area contributed by atoms with Crippen LogP contribution in [0, 0.1) is 0 Å². The zero-order valence-electron chi connectivity index (χ0n) is 21.3. The lowest BCUT2D eigenvalue weighted by atomic mass is 9.97. The molecule has 1 aliphatic heterocycles. The predicted molar refractivity (Wildman–Crippen MR) is 146 cm³/mol. The van der Waals surface area contributed by atoms with E-state index in [2.05, 4.69) is 0 Å². The molecule has 0 bridgehead atoms. The van der Waals surface area contributed by atoms with E-state index < -0.39 is 40.1 Å². The van der Waals surface area contributed by atoms with Crippen LogP contribution in [0.3, 0.4) is 0 Å². The Labute approximate surface area is 226 Å². The molecule has 9 heteroatoms. The topological polar surface area (TPSA) is 83.9 Å². The number of hydrogen-bond acceptors (Lipinski definition) is 4. The Kier molecular flexibility index (Phi) is 11.4. The van der Waals surface area contributed by atoms with Crippen molar-refractivity contribution in [3.63, 3.8) is 0 Å². The van der Waals surface area contributed by atoms with Crippen molar-refractivity contribution in [2.24, 2.45) is 0 Å². The van der Waals surface area contributed by atoms with Gasteiger partial charge in [-0.1, -0.05) is 60.5 Å². The number of carboxylic acids is 1. The van der Waals surface area contributed by atoms with Gasteiger partial charge in [-0.25, -0.2) is 0 Å². The Morgan fingerprint density at radius 1 is 1.11 bits per heavy atom. The van der Waals surface area contributed by atoms with Gasteiger partial charge >= 0.3 is 5.97 Å². The average molecular weight is 557 g/mol. The first-order chi connectivity index (χ1) is 16.9. The maximum absolute atomic E-state index is 13.3. The maximum atomic E-state index is 13.3. The van der Waals surface area contributed by atoms with E-state index in [4.69, 9.17) is 33.0 Å². The summed E-state index contributed by atoms with van der Waals surface area (Å²) in [5.41, 5.74) is 0.851. The van der Waals surface area contributed by atoms with Crippen LogP contribution in [-0.2, 0) is 25.1 Å². The molecule has 1 heterocycles. The zero-order valence-corrected chi connectivity index (χ0v) is 23.6. The van der Waals surface area contributed by atoms with Gasteiger partial charge in [0.05, 0.1) is 24.3 Å². The van der Waals surface area contributed by atoms with Crippen molar-refractivity contribution in [2.75, 3.05) is 6.61 Å². The van der Waals surface area contributed by atoms with Crippen LogP contribution in [0.4, 0.5) is 0 Å². The van der Waals surface area contributed by atoms with Crippen LogP contribution in [-0.4, -0.2) is 54.8 Å². The van der Waals surface area contributed by atoms with Crippen LogP contribution < -0.4 is 0 Å². The highest BCUT2D eigenvalue weighted by molar-refractivity contribution is 7.87. The molecule has 1 saturated heterocycles. The van der Waals surface area contributed by atoms with Crippen LogP contribution in [0.1, 0.15) is 59.1 Å². The molecule has 0 aromatic heterocycles. The predicted octanol–water partition coefficient (Wildman–Crippen LogP) is 6.14. The second-order valence-electron chi connectivity index (χ2n) is 9.62. The number of benzene rings is 2. The van der Waals surface area contributed by atoms with E-state index in [0.717, 1.165) is 10.6 Å². The quantitative estimate of drug-likeness (QED) is 0.443. The molecule has 1 N–H and O–H groups in total. The van der Waals surface area contributed by atoms with E-state index in [1.165, 1.54) is 0 Å². The molecule has 1 fully saturated rings. The van der Waals surface area contributed by atoms with E-state index in [9.17, 15) is 13.8 Å². The lowest BCUT2D eigenvalue weighted by molar-refractivity contribution is -0.169. The van der Waals surface area contributed by atoms with Gasteiger partial charge in [-0.15, -0.1) is 0 Å². The number of morpholine rings is 1. The number of aliphatic carboxylic acids is 1.